The van der Waals surface area contributed by atoms with Crippen LogP contribution >= 0.6 is 0 Å². The van der Waals surface area contributed by atoms with Gasteiger partial charge in [0, 0.05) is 22.0 Å². The predicted molar refractivity (Wildman–Crippen MR) is 100 cm³/mol. The average molecular weight is 313 g/mol. The lowest BCUT2D eigenvalue weighted by Gasteiger charge is -2.11. The van der Waals surface area contributed by atoms with E-state index in [0.29, 0.717) is 5.75 Å². The Morgan fingerprint density at radius 1 is 0.750 bits per heavy atom. The first-order chi connectivity index (χ1) is 11.6. The monoisotopic (exact) mass is 313 g/mol. The number of aryl methyl sites for hydroxylation is 2. The number of phenolic OH excluding ortho intramolecular Hbond substituents is 1. The maximum atomic E-state index is 10.9. The van der Waals surface area contributed by atoms with Gasteiger partial charge in [0.15, 0.2) is 0 Å². The molecule has 2 N–H and O–H groups in total. The van der Waals surface area contributed by atoms with Crippen molar-refractivity contribution in [1.82, 2.24) is 4.98 Å². The topological polar surface area (TPSA) is 36.0 Å². The summed E-state index contributed by atoms with van der Waals surface area (Å²) in [7, 11) is 0. The van der Waals surface area contributed by atoms with Crippen molar-refractivity contribution in [2.75, 3.05) is 0 Å². The summed E-state index contributed by atoms with van der Waals surface area (Å²) in [4.78, 5) is 3.41. The normalized spacial score (nSPS) is 11.1. The second-order valence-electron chi connectivity index (χ2n) is 6.34. The number of aromatic nitrogens is 1. The molecule has 24 heavy (non-hydrogen) atoms. The van der Waals surface area contributed by atoms with Crippen LogP contribution in [0.3, 0.4) is 0 Å². The Hall–Kier alpha value is -3.00. The van der Waals surface area contributed by atoms with Gasteiger partial charge in [-0.1, -0.05) is 48.0 Å². The largest absolute Gasteiger partial charge is 0.507 e. The summed E-state index contributed by atoms with van der Waals surface area (Å²) in [6, 6.07) is 22.5. The van der Waals surface area contributed by atoms with E-state index in [2.05, 4.69) is 55.2 Å². The second-order valence-corrected chi connectivity index (χ2v) is 6.34. The van der Waals surface area contributed by atoms with Crippen LogP contribution in [0.5, 0.6) is 5.75 Å². The summed E-state index contributed by atoms with van der Waals surface area (Å²) in [5, 5.41) is 12.0. The van der Waals surface area contributed by atoms with E-state index < -0.39 is 0 Å². The number of H-pyrrole nitrogens is 1. The van der Waals surface area contributed by atoms with Gasteiger partial charge in [0.25, 0.3) is 0 Å². The Morgan fingerprint density at radius 2 is 1.46 bits per heavy atom. The summed E-state index contributed by atoms with van der Waals surface area (Å²) in [6.45, 7) is 4.12. The van der Waals surface area contributed by atoms with Gasteiger partial charge in [-0.3, -0.25) is 0 Å². The average Bonchev–Trinajstić information content (AvgIpc) is 3.01. The molecule has 0 spiro atoms. The third-order valence-corrected chi connectivity index (χ3v) is 4.44. The zero-order valence-electron chi connectivity index (χ0n) is 13.8. The van der Waals surface area contributed by atoms with Crippen LogP contribution in [0.1, 0.15) is 11.1 Å². The lowest BCUT2D eigenvalue weighted by molar-refractivity contribution is 0.479. The Bertz CT molecular complexity index is 993. The minimum absolute atomic E-state index is 0.316. The van der Waals surface area contributed by atoms with Crippen molar-refractivity contribution in [3.8, 4) is 28.1 Å². The lowest BCUT2D eigenvalue weighted by atomic mass is 9.96. The van der Waals surface area contributed by atoms with Crippen molar-refractivity contribution >= 4 is 10.9 Å². The van der Waals surface area contributed by atoms with Crippen molar-refractivity contribution in [3.63, 3.8) is 0 Å². The molecule has 0 amide bonds. The molecule has 1 aromatic heterocycles. The van der Waals surface area contributed by atoms with Gasteiger partial charge in [-0.05, 0) is 49.2 Å². The molecule has 0 aliphatic carbocycles. The Morgan fingerprint density at radius 3 is 2.21 bits per heavy atom. The first-order valence-corrected chi connectivity index (χ1v) is 8.10. The van der Waals surface area contributed by atoms with Gasteiger partial charge in [-0.2, -0.15) is 0 Å². The Balaban J connectivity index is 1.91. The number of hydrogen-bond donors (Lipinski definition) is 2. The van der Waals surface area contributed by atoms with Gasteiger partial charge in [-0.25, -0.2) is 0 Å². The maximum Gasteiger partial charge on any atom is 0.132 e. The highest BCUT2D eigenvalue weighted by atomic mass is 16.3. The van der Waals surface area contributed by atoms with E-state index in [0.717, 1.165) is 38.9 Å². The fourth-order valence-corrected chi connectivity index (χ4v) is 3.16. The van der Waals surface area contributed by atoms with Crippen LogP contribution in [0, 0.1) is 13.8 Å². The molecule has 2 heteroatoms. The number of para-hydroxylation sites is 1. The van der Waals surface area contributed by atoms with Crippen molar-refractivity contribution in [2.45, 2.75) is 13.8 Å². The summed E-state index contributed by atoms with van der Waals surface area (Å²) in [5.41, 5.74) is 7.07. The molecule has 1 heterocycles. The lowest BCUT2D eigenvalue weighted by Crippen LogP contribution is -1.87. The van der Waals surface area contributed by atoms with E-state index in [-0.39, 0.29) is 0 Å². The van der Waals surface area contributed by atoms with Gasteiger partial charge in [0.05, 0.1) is 5.69 Å². The minimum atomic E-state index is 0.316. The van der Waals surface area contributed by atoms with Crippen molar-refractivity contribution in [2.24, 2.45) is 0 Å². The Labute approximate surface area is 141 Å². The van der Waals surface area contributed by atoms with Crippen LogP contribution in [0.15, 0.2) is 66.7 Å². The third kappa shape index (κ3) is 2.46. The number of aromatic hydroxyl groups is 1. The molecule has 118 valence electrons. The molecule has 4 aromatic rings. The fraction of sp³-hybridized carbons (Fsp3) is 0.0909. The zero-order valence-corrected chi connectivity index (χ0v) is 13.8. The van der Waals surface area contributed by atoms with E-state index in [4.69, 9.17) is 0 Å². The van der Waals surface area contributed by atoms with Crippen LogP contribution in [0.2, 0.25) is 0 Å². The minimum Gasteiger partial charge on any atom is -0.507 e. The van der Waals surface area contributed by atoms with Gasteiger partial charge in [-0.15, -0.1) is 0 Å². The molecule has 0 atom stereocenters. The first-order valence-electron chi connectivity index (χ1n) is 8.10. The molecular weight excluding hydrogens is 294 g/mol. The highest BCUT2D eigenvalue weighted by Gasteiger charge is 2.14. The summed E-state index contributed by atoms with van der Waals surface area (Å²) in [6.07, 6.45) is 0. The molecule has 0 unspecified atom stereocenters. The standard InChI is InChI=1S/C22H19NO/c1-14-7-9-16(10-8-14)18-11-15(2)12-19(22(18)24)21-13-17-5-3-4-6-20(17)23-21/h3-13,23-24H,1-2H3. The fourth-order valence-electron chi connectivity index (χ4n) is 3.16. The summed E-state index contributed by atoms with van der Waals surface area (Å²) in [5.74, 6) is 0.316. The number of fused-ring (bicyclic) bond motifs is 1. The van der Waals surface area contributed by atoms with Gasteiger partial charge in [0.1, 0.15) is 5.75 Å². The van der Waals surface area contributed by atoms with Crippen LogP contribution in [0.4, 0.5) is 0 Å². The zero-order chi connectivity index (χ0) is 16.7. The molecule has 3 aromatic carbocycles. The second kappa shape index (κ2) is 5.57. The smallest absolute Gasteiger partial charge is 0.132 e. The van der Waals surface area contributed by atoms with Gasteiger partial charge < -0.3 is 10.1 Å². The number of hydrogen-bond acceptors (Lipinski definition) is 1. The van der Waals surface area contributed by atoms with Crippen LogP contribution in [0.25, 0.3) is 33.3 Å². The number of phenols is 1. The number of aromatic amines is 1. The molecule has 0 aliphatic heterocycles. The molecular formula is C22H19NO. The quantitative estimate of drug-likeness (QED) is 0.480. The third-order valence-electron chi connectivity index (χ3n) is 4.44. The van der Waals surface area contributed by atoms with Crippen LogP contribution in [-0.2, 0) is 0 Å². The van der Waals surface area contributed by atoms with Crippen molar-refractivity contribution in [1.29, 1.82) is 0 Å². The molecule has 4 rings (SSSR count). The molecule has 0 saturated heterocycles. The number of nitrogens with one attached hydrogen (secondary N) is 1. The van der Waals surface area contributed by atoms with E-state index in [1.807, 2.05) is 30.3 Å². The predicted octanol–water partition coefficient (Wildman–Crippen LogP) is 5.82. The molecule has 0 saturated carbocycles. The summed E-state index contributed by atoms with van der Waals surface area (Å²) < 4.78 is 0. The number of benzene rings is 3. The van der Waals surface area contributed by atoms with E-state index in [1.54, 1.807) is 0 Å². The number of rotatable bonds is 2. The van der Waals surface area contributed by atoms with Crippen LogP contribution in [-0.4, -0.2) is 10.1 Å². The van der Waals surface area contributed by atoms with Crippen molar-refractivity contribution in [3.05, 3.63) is 77.9 Å². The van der Waals surface area contributed by atoms with Crippen molar-refractivity contribution < 1.29 is 5.11 Å². The van der Waals surface area contributed by atoms with E-state index >= 15 is 0 Å². The highest BCUT2D eigenvalue weighted by Crippen LogP contribution is 2.39. The van der Waals surface area contributed by atoms with Crippen LogP contribution < -0.4 is 0 Å². The summed E-state index contributed by atoms with van der Waals surface area (Å²) >= 11 is 0. The highest BCUT2D eigenvalue weighted by molar-refractivity contribution is 5.89. The van der Waals surface area contributed by atoms with E-state index in [1.165, 1.54) is 5.56 Å². The maximum absolute atomic E-state index is 10.9. The molecule has 0 radical (unpaired) electrons. The first kappa shape index (κ1) is 14.6. The molecule has 0 aliphatic rings. The molecule has 0 fully saturated rings. The molecule has 0 bridgehead atoms. The van der Waals surface area contributed by atoms with Gasteiger partial charge >= 0.3 is 0 Å². The Kier molecular flexibility index (Phi) is 3.39. The van der Waals surface area contributed by atoms with Gasteiger partial charge in [0.2, 0.25) is 0 Å². The molecule has 2 nitrogen and oxygen atoms in total. The van der Waals surface area contributed by atoms with E-state index in [9.17, 15) is 5.11 Å². The SMILES string of the molecule is Cc1ccc(-c2cc(C)cc(-c3cc4ccccc4[nH]3)c2O)cc1.